The van der Waals surface area contributed by atoms with Crippen molar-refractivity contribution in [1.29, 1.82) is 0 Å². The van der Waals surface area contributed by atoms with Crippen LogP contribution >= 0.6 is 0 Å². The second kappa shape index (κ2) is 7.59. The molecule has 0 radical (unpaired) electrons. The van der Waals surface area contributed by atoms with E-state index in [0.29, 0.717) is 11.7 Å². The Bertz CT molecular complexity index is 503. The normalized spacial score (nSPS) is 25.8. The third-order valence-electron chi connectivity index (χ3n) is 4.46. The van der Waals surface area contributed by atoms with Crippen molar-refractivity contribution in [2.24, 2.45) is 0 Å². The number of ether oxygens (including phenoxy) is 2. The minimum Gasteiger partial charge on any atom is -0.455 e. The molecule has 0 saturated heterocycles. The molecule has 2 aliphatic rings. The predicted octanol–water partition coefficient (Wildman–Crippen LogP) is 4.28. The fraction of sp³-hybridized carbons (Fsp3) is 0.526. The van der Waals surface area contributed by atoms with Gasteiger partial charge in [-0.1, -0.05) is 43.5 Å². The van der Waals surface area contributed by atoms with E-state index < -0.39 is 0 Å². The maximum absolute atomic E-state index is 12.0. The second-order valence-corrected chi connectivity index (χ2v) is 6.21. The number of carbonyl (C=O) groups is 1. The zero-order valence-corrected chi connectivity index (χ0v) is 12.9. The third kappa shape index (κ3) is 4.20. The molecular weight excluding hydrogens is 276 g/mol. The summed E-state index contributed by atoms with van der Waals surface area (Å²) in [5, 5.41) is 0. The highest BCUT2D eigenvalue weighted by molar-refractivity contribution is 5.89. The second-order valence-electron chi connectivity index (χ2n) is 6.21. The molecule has 3 rings (SSSR count). The van der Waals surface area contributed by atoms with Crippen LogP contribution in [0.25, 0.3) is 0 Å². The molecule has 1 aromatic carbocycles. The molecule has 0 bridgehead atoms. The summed E-state index contributed by atoms with van der Waals surface area (Å²) < 4.78 is 11.7. The highest BCUT2D eigenvalue weighted by Gasteiger charge is 2.23. The predicted molar refractivity (Wildman–Crippen MR) is 85.8 cm³/mol. The molecule has 1 saturated carbocycles. The van der Waals surface area contributed by atoms with Crippen molar-refractivity contribution >= 4 is 5.97 Å². The van der Waals surface area contributed by atoms with Gasteiger partial charge in [-0.2, -0.15) is 0 Å². The van der Waals surface area contributed by atoms with Crippen molar-refractivity contribution in [3.63, 3.8) is 0 Å². The Kier molecular flexibility index (Phi) is 5.28. The molecule has 2 aliphatic carbocycles. The van der Waals surface area contributed by atoms with Gasteiger partial charge in [-0.25, -0.2) is 4.79 Å². The molecule has 0 N–H and O–H groups in total. The SMILES string of the molecule is O=C(O[C@H]1C=C[C@H](OC2CCCCC2)CC1)c1ccccc1. The first kappa shape index (κ1) is 15.3. The Morgan fingerprint density at radius 3 is 2.23 bits per heavy atom. The quantitative estimate of drug-likeness (QED) is 0.615. The largest absolute Gasteiger partial charge is 0.455 e. The molecule has 118 valence electrons. The van der Waals surface area contributed by atoms with Crippen LogP contribution in [-0.2, 0) is 9.47 Å². The van der Waals surface area contributed by atoms with Gasteiger partial charge in [0.05, 0.1) is 17.8 Å². The molecule has 0 aromatic heterocycles. The van der Waals surface area contributed by atoms with E-state index in [2.05, 4.69) is 6.08 Å². The average Bonchev–Trinajstić information content (AvgIpc) is 2.58. The Morgan fingerprint density at radius 1 is 0.864 bits per heavy atom. The summed E-state index contributed by atoms with van der Waals surface area (Å²) in [4.78, 5) is 12.0. The third-order valence-corrected chi connectivity index (χ3v) is 4.46. The number of benzene rings is 1. The van der Waals surface area contributed by atoms with Crippen molar-refractivity contribution < 1.29 is 14.3 Å². The molecule has 1 fully saturated rings. The Morgan fingerprint density at radius 2 is 1.55 bits per heavy atom. The molecule has 22 heavy (non-hydrogen) atoms. The van der Waals surface area contributed by atoms with Crippen molar-refractivity contribution in [2.75, 3.05) is 0 Å². The van der Waals surface area contributed by atoms with Gasteiger partial charge in [-0.3, -0.25) is 0 Å². The maximum atomic E-state index is 12.0. The van der Waals surface area contributed by atoms with Crippen LogP contribution in [0.3, 0.4) is 0 Å². The van der Waals surface area contributed by atoms with Gasteiger partial charge in [0.2, 0.25) is 0 Å². The van der Waals surface area contributed by atoms with Crippen molar-refractivity contribution in [1.82, 2.24) is 0 Å². The number of rotatable bonds is 4. The molecule has 2 atom stereocenters. The lowest BCUT2D eigenvalue weighted by Gasteiger charge is -2.29. The summed E-state index contributed by atoms with van der Waals surface area (Å²) in [6.45, 7) is 0. The molecule has 0 aliphatic heterocycles. The van der Waals surface area contributed by atoms with Crippen LogP contribution in [0.15, 0.2) is 42.5 Å². The van der Waals surface area contributed by atoms with Gasteiger partial charge in [0.25, 0.3) is 0 Å². The number of hydrogen-bond acceptors (Lipinski definition) is 3. The standard InChI is InChI=1S/C19H24O3/c20-19(15-7-3-1-4-8-15)22-18-13-11-17(12-14-18)21-16-9-5-2-6-10-16/h1,3-4,7-8,11,13,16-18H,2,5-6,9-10,12,14H2/t17-,18-/m0/s1. The lowest BCUT2D eigenvalue weighted by Crippen LogP contribution is -2.28. The Balaban J connectivity index is 1.47. The maximum Gasteiger partial charge on any atom is 0.338 e. The molecule has 3 heteroatoms. The van der Waals surface area contributed by atoms with Gasteiger partial charge in [0, 0.05) is 0 Å². The topological polar surface area (TPSA) is 35.5 Å². The van der Waals surface area contributed by atoms with E-state index in [4.69, 9.17) is 9.47 Å². The summed E-state index contributed by atoms with van der Waals surface area (Å²) in [5.41, 5.74) is 0.608. The molecule has 0 amide bonds. The molecule has 0 unspecified atom stereocenters. The highest BCUT2D eigenvalue weighted by atomic mass is 16.5. The fourth-order valence-electron chi connectivity index (χ4n) is 3.21. The molecule has 1 aromatic rings. The minimum absolute atomic E-state index is 0.126. The zero-order chi connectivity index (χ0) is 15.2. The van der Waals surface area contributed by atoms with Crippen LogP contribution in [0, 0.1) is 0 Å². The van der Waals surface area contributed by atoms with Crippen LogP contribution in [-0.4, -0.2) is 24.3 Å². The van der Waals surface area contributed by atoms with Crippen molar-refractivity contribution in [2.45, 2.75) is 63.3 Å². The number of hydrogen-bond donors (Lipinski definition) is 0. The number of carbonyl (C=O) groups excluding carboxylic acids is 1. The Labute approximate surface area is 132 Å². The van der Waals surface area contributed by atoms with Gasteiger partial charge >= 0.3 is 5.97 Å². The van der Waals surface area contributed by atoms with Gasteiger partial charge < -0.3 is 9.47 Å². The van der Waals surface area contributed by atoms with E-state index in [0.717, 1.165) is 12.8 Å². The lowest BCUT2D eigenvalue weighted by atomic mass is 9.96. The summed E-state index contributed by atoms with van der Waals surface area (Å²) in [7, 11) is 0. The Hall–Kier alpha value is -1.61. The highest BCUT2D eigenvalue weighted by Crippen LogP contribution is 2.25. The zero-order valence-electron chi connectivity index (χ0n) is 12.9. The summed E-state index contributed by atoms with van der Waals surface area (Å²) in [6.07, 6.45) is 12.6. The summed E-state index contributed by atoms with van der Waals surface area (Å²) in [5.74, 6) is -0.248. The van der Waals surface area contributed by atoms with Crippen LogP contribution in [0.5, 0.6) is 0 Å². The van der Waals surface area contributed by atoms with E-state index in [9.17, 15) is 4.79 Å². The lowest BCUT2D eigenvalue weighted by molar-refractivity contribution is -0.0215. The van der Waals surface area contributed by atoms with Crippen molar-refractivity contribution in [3.8, 4) is 0 Å². The summed E-state index contributed by atoms with van der Waals surface area (Å²) in [6, 6.07) is 9.15. The van der Waals surface area contributed by atoms with E-state index in [1.807, 2.05) is 24.3 Å². The molecule has 3 nitrogen and oxygen atoms in total. The monoisotopic (exact) mass is 300 g/mol. The van der Waals surface area contributed by atoms with Crippen LogP contribution in [0.2, 0.25) is 0 Å². The number of esters is 1. The van der Waals surface area contributed by atoms with E-state index in [1.165, 1.54) is 32.1 Å². The first-order valence-electron chi connectivity index (χ1n) is 8.41. The molecule has 0 spiro atoms. The van der Waals surface area contributed by atoms with Crippen LogP contribution < -0.4 is 0 Å². The molecule has 0 heterocycles. The van der Waals surface area contributed by atoms with Crippen molar-refractivity contribution in [3.05, 3.63) is 48.0 Å². The van der Waals surface area contributed by atoms with Gasteiger partial charge in [0.1, 0.15) is 6.10 Å². The van der Waals surface area contributed by atoms with Gasteiger partial charge in [-0.15, -0.1) is 0 Å². The summed E-state index contributed by atoms with van der Waals surface area (Å²) >= 11 is 0. The van der Waals surface area contributed by atoms with Gasteiger partial charge in [0.15, 0.2) is 0 Å². The molecular formula is C19H24O3. The van der Waals surface area contributed by atoms with E-state index >= 15 is 0 Å². The smallest absolute Gasteiger partial charge is 0.338 e. The van der Waals surface area contributed by atoms with E-state index in [1.54, 1.807) is 12.1 Å². The minimum atomic E-state index is -0.248. The first-order chi connectivity index (χ1) is 10.8. The van der Waals surface area contributed by atoms with E-state index in [-0.39, 0.29) is 18.2 Å². The van der Waals surface area contributed by atoms with Crippen LogP contribution in [0.1, 0.15) is 55.3 Å². The van der Waals surface area contributed by atoms with Gasteiger partial charge in [-0.05, 0) is 43.9 Å². The average molecular weight is 300 g/mol. The van der Waals surface area contributed by atoms with Crippen LogP contribution in [0.4, 0.5) is 0 Å². The first-order valence-corrected chi connectivity index (χ1v) is 8.41. The fourth-order valence-corrected chi connectivity index (χ4v) is 3.21.